The van der Waals surface area contributed by atoms with Gasteiger partial charge in [0, 0.05) is 13.1 Å². The van der Waals surface area contributed by atoms with Crippen LogP contribution in [0.1, 0.15) is 16.7 Å². The van der Waals surface area contributed by atoms with E-state index < -0.39 is 0 Å². The molecule has 0 saturated carbocycles. The number of nitrogens with two attached hydrogens (primary N) is 1. The normalized spacial score (nSPS) is 10.8. The van der Waals surface area contributed by atoms with Crippen LogP contribution in [0, 0.1) is 6.92 Å². The lowest BCUT2D eigenvalue weighted by molar-refractivity contribution is 0.354. The Kier molecular flexibility index (Phi) is 10.5. The Labute approximate surface area is 184 Å². The molecule has 3 N–H and O–H groups in total. The molecule has 154 valence electrons. The smallest absolute Gasteiger partial charge is 0.188 e. The highest BCUT2D eigenvalue weighted by atomic mass is 127. The topological polar surface area (TPSA) is 78.1 Å². The van der Waals surface area contributed by atoms with Crippen molar-refractivity contribution in [3.05, 3.63) is 53.1 Å². The molecule has 0 radical (unpaired) electrons. The van der Waals surface area contributed by atoms with Crippen LogP contribution in [-0.4, -0.2) is 40.4 Å². The van der Waals surface area contributed by atoms with Crippen LogP contribution >= 0.6 is 24.0 Å². The van der Waals surface area contributed by atoms with Crippen molar-refractivity contribution in [3.63, 3.8) is 0 Å². The van der Waals surface area contributed by atoms with Crippen molar-refractivity contribution in [3.8, 4) is 17.2 Å². The van der Waals surface area contributed by atoms with E-state index in [-0.39, 0.29) is 24.0 Å². The van der Waals surface area contributed by atoms with E-state index >= 15 is 0 Å². The summed E-state index contributed by atoms with van der Waals surface area (Å²) in [6, 6.07) is 12.0. The molecule has 0 fully saturated rings. The number of halogens is 1. The third-order valence-electron chi connectivity index (χ3n) is 4.27. The predicted molar refractivity (Wildman–Crippen MR) is 125 cm³/mol. The second-order valence-electron chi connectivity index (χ2n) is 6.20. The standard InChI is InChI=1S/C21H29N3O3.HI/c1-15-5-7-18(25-2)17(13-15)10-12-24-21(22)23-11-9-16-6-8-19(26-3)20(14-16)27-4;/h5-8,13-14H,9-12H2,1-4H3,(H3,22,23,24);1H. The predicted octanol–water partition coefficient (Wildman–Crippen LogP) is 3.33. The number of benzene rings is 2. The van der Waals surface area contributed by atoms with Crippen LogP contribution in [0.25, 0.3) is 0 Å². The van der Waals surface area contributed by atoms with Gasteiger partial charge in [-0.05, 0) is 49.1 Å². The molecule has 2 rings (SSSR count). The van der Waals surface area contributed by atoms with Gasteiger partial charge >= 0.3 is 0 Å². The van der Waals surface area contributed by atoms with Crippen molar-refractivity contribution < 1.29 is 14.2 Å². The summed E-state index contributed by atoms with van der Waals surface area (Å²) >= 11 is 0. The molecule has 0 spiro atoms. The molecular formula is C21H30IN3O3. The number of hydrogen-bond acceptors (Lipinski definition) is 4. The monoisotopic (exact) mass is 499 g/mol. The van der Waals surface area contributed by atoms with E-state index in [2.05, 4.69) is 23.3 Å². The first kappa shape index (κ1) is 23.9. The minimum Gasteiger partial charge on any atom is -0.496 e. The van der Waals surface area contributed by atoms with Gasteiger partial charge in [-0.15, -0.1) is 24.0 Å². The fraction of sp³-hybridized carbons (Fsp3) is 0.381. The first-order valence-corrected chi connectivity index (χ1v) is 8.95. The van der Waals surface area contributed by atoms with Crippen molar-refractivity contribution in [1.29, 1.82) is 0 Å². The summed E-state index contributed by atoms with van der Waals surface area (Å²) in [5.74, 6) is 2.78. The first-order chi connectivity index (χ1) is 13.1. The van der Waals surface area contributed by atoms with Crippen LogP contribution in [0.4, 0.5) is 0 Å². The Morgan fingerprint density at radius 2 is 1.61 bits per heavy atom. The molecule has 6 nitrogen and oxygen atoms in total. The number of nitrogens with one attached hydrogen (secondary N) is 1. The Morgan fingerprint density at radius 3 is 2.29 bits per heavy atom. The molecule has 2 aromatic rings. The average molecular weight is 499 g/mol. The number of nitrogens with zero attached hydrogens (tertiary/aromatic N) is 1. The molecular weight excluding hydrogens is 469 g/mol. The van der Waals surface area contributed by atoms with E-state index in [1.165, 1.54) is 5.56 Å². The van der Waals surface area contributed by atoms with Crippen molar-refractivity contribution in [2.24, 2.45) is 10.7 Å². The Bertz CT molecular complexity index is 781. The minimum absolute atomic E-state index is 0. The van der Waals surface area contributed by atoms with Crippen LogP contribution in [-0.2, 0) is 12.8 Å². The van der Waals surface area contributed by atoms with Crippen molar-refractivity contribution in [1.82, 2.24) is 5.32 Å². The maximum atomic E-state index is 5.97. The lowest BCUT2D eigenvalue weighted by Gasteiger charge is -2.11. The van der Waals surface area contributed by atoms with E-state index in [9.17, 15) is 0 Å². The average Bonchev–Trinajstić information content (AvgIpc) is 2.68. The van der Waals surface area contributed by atoms with Crippen molar-refractivity contribution >= 4 is 29.9 Å². The Hall–Kier alpha value is -2.16. The number of aliphatic imine (C=N–C) groups is 1. The van der Waals surface area contributed by atoms with Gasteiger partial charge < -0.3 is 25.3 Å². The maximum Gasteiger partial charge on any atom is 0.188 e. The van der Waals surface area contributed by atoms with Crippen LogP contribution in [0.15, 0.2) is 41.4 Å². The van der Waals surface area contributed by atoms with Crippen LogP contribution < -0.4 is 25.3 Å². The van der Waals surface area contributed by atoms with E-state index in [0.29, 0.717) is 19.0 Å². The summed E-state index contributed by atoms with van der Waals surface area (Å²) in [6.45, 7) is 3.36. The summed E-state index contributed by atoms with van der Waals surface area (Å²) in [5.41, 5.74) is 9.45. The van der Waals surface area contributed by atoms with E-state index in [0.717, 1.165) is 41.2 Å². The zero-order chi connectivity index (χ0) is 19.6. The quantitative estimate of drug-likeness (QED) is 0.315. The van der Waals surface area contributed by atoms with Gasteiger partial charge in [-0.3, -0.25) is 4.99 Å². The largest absolute Gasteiger partial charge is 0.496 e. The van der Waals surface area contributed by atoms with Crippen LogP contribution in [0.5, 0.6) is 17.2 Å². The number of hydrogen-bond donors (Lipinski definition) is 2. The van der Waals surface area contributed by atoms with Crippen molar-refractivity contribution in [2.75, 3.05) is 34.4 Å². The molecule has 0 aromatic heterocycles. The van der Waals surface area contributed by atoms with Gasteiger partial charge in [0.2, 0.25) is 0 Å². The maximum absolute atomic E-state index is 5.97. The fourth-order valence-corrected chi connectivity index (χ4v) is 2.83. The van der Waals surface area contributed by atoms with Gasteiger partial charge in [-0.1, -0.05) is 23.8 Å². The molecule has 0 heterocycles. The minimum atomic E-state index is 0. The first-order valence-electron chi connectivity index (χ1n) is 8.95. The molecule has 0 saturated heterocycles. The van der Waals surface area contributed by atoms with Crippen molar-refractivity contribution in [2.45, 2.75) is 19.8 Å². The molecule has 28 heavy (non-hydrogen) atoms. The highest BCUT2D eigenvalue weighted by molar-refractivity contribution is 14.0. The summed E-state index contributed by atoms with van der Waals surface area (Å²) < 4.78 is 16.0. The summed E-state index contributed by atoms with van der Waals surface area (Å²) in [6.07, 6.45) is 1.59. The van der Waals surface area contributed by atoms with Gasteiger partial charge in [0.05, 0.1) is 21.3 Å². The highest BCUT2D eigenvalue weighted by Gasteiger charge is 2.05. The van der Waals surface area contributed by atoms with E-state index in [1.807, 2.05) is 30.3 Å². The summed E-state index contributed by atoms with van der Waals surface area (Å²) in [7, 11) is 4.94. The van der Waals surface area contributed by atoms with Gasteiger partial charge in [-0.2, -0.15) is 0 Å². The van der Waals surface area contributed by atoms with Gasteiger partial charge in [-0.25, -0.2) is 0 Å². The molecule has 0 atom stereocenters. The number of guanidine groups is 1. The lowest BCUT2D eigenvalue weighted by atomic mass is 10.1. The molecule has 0 unspecified atom stereocenters. The fourth-order valence-electron chi connectivity index (χ4n) is 2.83. The van der Waals surface area contributed by atoms with Gasteiger partial charge in [0.1, 0.15) is 5.75 Å². The summed E-state index contributed by atoms with van der Waals surface area (Å²) in [4.78, 5) is 4.40. The summed E-state index contributed by atoms with van der Waals surface area (Å²) in [5, 5.41) is 3.15. The third-order valence-corrected chi connectivity index (χ3v) is 4.27. The number of methoxy groups -OCH3 is 3. The highest BCUT2D eigenvalue weighted by Crippen LogP contribution is 2.27. The molecule has 0 aliphatic carbocycles. The van der Waals surface area contributed by atoms with Crippen LogP contribution in [0.2, 0.25) is 0 Å². The number of rotatable bonds is 9. The molecule has 0 amide bonds. The molecule has 0 aliphatic rings. The zero-order valence-electron chi connectivity index (χ0n) is 17.0. The lowest BCUT2D eigenvalue weighted by Crippen LogP contribution is -2.33. The Balaban J connectivity index is 0.00000392. The molecule has 0 aliphatic heterocycles. The van der Waals surface area contributed by atoms with Gasteiger partial charge in [0.25, 0.3) is 0 Å². The number of aryl methyl sites for hydroxylation is 1. The van der Waals surface area contributed by atoms with E-state index in [1.54, 1.807) is 21.3 Å². The third kappa shape index (κ3) is 7.10. The molecule has 7 heteroatoms. The van der Waals surface area contributed by atoms with E-state index in [4.69, 9.17) is 19.9 Å². The second kappa shape index (κ2) is 12.3. The molecule has 0 bridgehead atoms. The van der Waals surface area contributed by atoms with Crippen LogP contribution in [0.3, 0.4) is 0 Å². The Morgan fingerprint density at radius 1 is 0.929 bits per heavy atom. The molecule has 2 aromatic carbocycles. The second-order valence-corrected chi connectivity index (χ2v) is 6.20. The zero-order valence-corrected chi connectivity index (χ0v) is 19.3. The van der Waals surface area contributed by atoms with Gasteiger partial charge in [0.15, 0.2) is 17.5 Å². The SMILES string of the molecule is COc1ccc(C)cc1CCN=C(N)NCCc1ccc(OC)c(OC)c1.I. The number of ether oxygens (including phenoxy) is 3.